The van der Waals surface area contributed by atoms with E-state index in [1.165, 1.54) is 23.7 Å². The van der Waals surface area contributed by atoms with Crippen LogP contribution in [0.25, 0.3) is 10.8 Å². The first-order valence-electron chi connectivity index (χ1n) is 20.6. The highest BCUT2D eigenvalue weighted by Gasteiger charge is 2.37. The molecule has 1 saturated heterocycles. The van der Waals surface area contributed by atoms with E-state index in [2.05, 4.69) is 26.6 Å². The maximum atomic E-state index is 14.1. The zero-order chi connectivity index (χ0) is 43.6. The SMILES string of the molecule is CCC(C)C1NC(=O)C(Cc2ccc3ccccc3c2)NC(=O)CCSCCC(C(=O)N(C)C(CO)CCCN)NC(=O)C(CC(N)=O)NC(=O)C(C(C)CC)NC1=O. The second-order valence-corrected chi connectivity index (χ2v) is 16.6. The van der Waals surface area contributed by atoms with E-state index in [-0.39, 0.29) is 25.9 Å². The van der Waals surface area contributed by atoms with E-state index in [0.29, 0.717) is 43.7 Å². The largest absolute Gasteiger partial charge is 0.394 e. The third-order valence-corrected chi connectivity index (χ3v) is 12.0. The molecular formula is C42H64N8O8S. The van der Waals surface area contributed by atoms with Crippen LogP contribution < -0.4 is 38.1 Å². The minimum Gasteiger partial charge on any atom is -0.394 e. The van der Waals surface area contributed by atoms with Crippen molar-refractivity contribution in [2.75, 3.05) is 31.7 Å². The van der Waals surface area contributed by atoms with E-state index in [4.69, 9.17) is 11.5 Å². The van der Waals surface area contributed by atoms with Crippen molar-refractivity contribution in [2.24, 2.45) is 23.3 Å². The number of likely N-dealkylation sites (N-methyl/N-ethyl adjacent to an activating group) is 1. The molecule has 59 heavy (non-hydrogen) atoms. The molecule has 10 N–H and O–H groups in total. The number of aliphatic hydroxyl groups is 1. The number of carbonyl (C=O) groups is 7. The maximum Gasteiger partial charge on any atom is 0.245 e. The molecule has 1 aliphatic rings. The van der Waals surface area contributed by atoms with E-state index in [1.807, 2.05) is 56.3 Å². The Kier molecular flexibility index (Phi) is 20.1. The Morgan fingerprint density at radius 1 is 0.831 bits per heavy atom. The smallest absolute Gasteiger partial charge is 0.245 e. The number of nitrogens with zero attached hydrogens (tertiary/aromatic N) is 1. The highest BCUT2D eigenvalue weighted by Crippen LogP contribution is 2.19. The van der Waals surface area contributed by atoms with Crippen LogP contribution in [0.2, 0.25) is 0 Å². The second-order valence-electron chi connectivity index (χ2n) is 15.4. The lowest BCUT2D eigenvalue weighted by molar-refractivity contribution is -0.139. The van der Waals surface area contributed by atoms with Gasteiger partial charge in [0, 0.05) is 25.6 Å². The summed E-state index contributed by atoms with van der Waals surface area (Å²) < 4.78 is 0. The summed E-state index contributed by atoms with van der Waals surface area (Å²) in [6, 6.07) is 6.99. The van der Waals surface area contributed by atoms with Gasteiger partial charge in [0.15, 0.2) is 0 Å². The quantitative estimate of drug-likeness (QED) is 0.133. The van der Waals surface area contributed by atoms with Crippen LogP contribution in [0.15, 0.2) is 42.5 Å². The Labute approximate surface area is 351 Å². The number of rotatable bonds is 14. The summed E-state index contributed by atoms with van der Waals surface area (Å²) in [5.41, 5.74) is 12.0. The molecule has 2 aromatic carbocycles. The summed E-state index contributed by atoms with van der Waals surface area (Å²) in [5, 5.41) is 25.9. The van der Waals surface area contributed by atoms with Crippen molar-refractivity contribution < 1.29 is 38.7 Å². The number of benzene rings is 2. The number of fused-ring (bicyclic) bond motifs is 1. The van der Waals surface area contributed by atoms with Crippen LogP contribution in [0.1, 0.15) is 78.2 Å². The summed E-state index contributed by atoms with van der Waals surface area (Å²) in [6.07, 6.45) is 1.55. The Bertz CT molecular complexity index is 1760. The molecule has 8 atom stereocenters. The molecule has 326 valence electrons. The Hall–Kier alpha value is -4.74. The molecule has 2 aromatic rings. The number of nitrogens with one attached hydrogen (secondary N) is 5. The van der Waals surface area contributed by atoms with Gasteiger partial charge in [-0.15, -0.1) is 0 Å². The molecule has 1 aliphatic heterocycles. The first-order valence-corrected chi connectivity index (χ1v) is 21.7. The van der Waals surface area contributed by atoms with Crippen molar-refractivity contribution >= 4 is 63.9 Å². The lowest BCUT2D eigenvalue weighted by Crippen LogP contribution is -2.62. The highest BCUT2D eigenvalue weighted by molar-refractivity contribution is 7.99. The van der Waals surface area contributed by atoms with Gasteiger partial charge in [-0.25, -0.2) is 0 Å². The van der Waals surface area contributed by atoms with Crippen LogP contribution in [0.3, 0.4) is 0 Å². The van der Waals surface area contributed by atoms with Gasteiger partial charge in [0.2, 0.25) is 41.4 Å². The van der Waals surface area contributed by atoms with Crippen LogP contribution >= 0.6 is 11.8 Å². The van der Waals surface area contributed by atoms with Crippen molar-refractivity contribution in [3.63, 3.8) is 0 Å². The van der Waals surface area contributed by atoms with Crippen LogP contribution in [-0.4, -0.2) is 119 Å². The number of carbonyl (C=O) groups excluding carboxylic acids is 7. The minimum absolute atomic E-state index is 0.0291. The van der Waals surface area contributed by atoms with Crippen molar-refractivity contribution in [1.29, 1.82) is 0 Å². The van der Waals surface area contributed by atoms with Gasteiger partial charge in [0.1, 0.15) is 30.2 Å². The molecule has 0 spiro atoms. The molecule has 0 aliphatic carbocycles. The summed E-state index contributed by atoms with van der Waals surface area (Å²) in [6.45, 7) is 7.22. The van der Waals surface area contributed by atoms with Gasteiger partial charge in [0.05, 0.1) is 19.1 Å². The molecule has 0 aromatic heterocycles. The zero-order valence-electron chi connectivity index (χ0n) is 35.0. The molecule has 0 saturated carbocycles. The van der Waals surface area contributed by atoms with E-state index in [9.17, 15) is 38.7 Å². The predicted molar refractivity (Wildman–Crippen MR) is 229 cm³/mol. The number of hydrogen-bond donors (Lipinski definition) is 8. The van der Waals surface area contributed by atoms with Gasteiger partial charge >= 0.3 is 0 Å². The Balaban J connectivity index is 2.03. The molecule has 1 fully saturated rings. The molecule has 1 heterocycles. The van der Waals surface area contributed by atoms with Gasteiger partial charge in [-0.2, -0.15) is 11.8 Å². The van der Waals surface area contributed by atoms with Gasteiger partial charge in [-0.1, -0.05) is 83.0 Å². The predicted octanol–water partition coefficient (Wildman–Crippen LogP) is 0.859. The number of nitrogens with two attached hydrogens (primary N) is 2. The average molecular weight is 841 g/mol. The molecule has 3 rings (SSSR count). The number of hydrogen-bond acceptors (Lipinski definition) is 10. The van der Waals surface area contributed by atoms with Gasteiger partial charge in [-0.3, -0.25) is 33.6 Å². The van der Waals surface area contributed by atoms with Gasteiger partial charge in [-0.05, 0) is 59.7 Å². The second kappa shape index (κ2) is 24.4. The zero-order valence-corrected chi connectivity index (χ0v) is 35.8. The number of primary amides is 1. The Morgan fingerprint density at radius 3 is 2.05 bits per heavy atom. The van der Waals surface area contributed by atoms with Crippen LogP contribution in [0.5, 0.6) is 0 Å². The topological polar surface area (TPSA) is 255 Å². The van der Waals surface area contributed by atoms with Gasteiger partial charge in [0.25, 0.3) is 0 Å². The normalized spacial score (nSPS) is 23.4. The Morgan fingerprint density at radius 2 is 1.44 bits per heavy atom. The van der Waals surface area contributed by atoms with Crippen LogP contribution in [0.4, 0.5) is 0 Å². The fourth-order valence-electron chi connectivity index (χ4n) is 6.83. The lowest BCUT2D eigenvalue weighted by atomic mass is 9.94. The van der Waals surface area contributed by atoms with Crippen LogP contribution in [0, 0.1) is 11.8 Å². The first kappa shape index (κ1) is 48.6. The van der Waals surface area contributed by atoms with E-state index >= 15 is 0 Å². The number of thioether (sulfide) groups is 1. The van der Waals surface area contributed by atoms with E-state index < -0.39 is 95.9 Å². The summed E-state index contributed by atoms with van der Waals surface area (Å²) >= 11 is 1.36. The maximum absolute atomic E-state index is 14.1. The summed E-state index contributed by atoms with van der Waals surface area (Å²) in [5.74, 6) is -4.87. The van der Waals surface area contributed by atoms with Crippen LogP contribution in [-0.2, 0) is 40.0 Å². The van der Waals surface area contributed by atoms with Crippen molar-refractivity contribution in [3.8, 4) is 0 Å². The standard InChI is InChI=1S/C42H64N8O8S/c1-6-25(3)36-40(56)47-33(23-34(44)52)38(54)46-31(42(58)50(5)30(24-51)13-10-18-43)16-19-59-20-17-35(53)45-32(39(55)48-37(26(4)7-2)41(57)49-36)22-27-14-15-28-11-8-9-12-29(28)21-27/h8-9,11-12,14-15,21,25-26,30-33,36-37,51H,6-7,10,13,16-20,22-24,43H2,1-5H3,(H2,44,52)(H,45,53)(H,46,54)(H,47,56)(H,48,55)(H,49,57). The molecule has 0 radical (unpaired) electrons. The van der Waals surface area contributed by atoms with Crippen molar-refractivity contribution in [3.05, 3.63) is 48.0 Å². The monoisotopic (exact) mass is 840 g/mol. The number of amides is 7. The molecule has 16 nitrogen and oxygen atoms in total. The minimum atomic E-state index is -1.50. The summed E-state index contributed by atoms with van der Waals surface area (Å²) in [4.78, 5) is 97.1. The third kappa shape index (κ3) is 14.8. The molecule has 8 unspecified atom stereocenters. The van der Waals surface area contributed by atoms with Crippen molar-refractivity contribution in [1.82, 2.24) is 31.5 Å². The highest BCUT2D eigenvalue weighted by atomic mass is 32.2. The fourth-order valence-corrected chi connectivity index (χ4v) is 7.77. The lowest BCUT2D eigenvalue weighted by Gasteiger charge is -2.32. The van der Waals surface area contributed by atoms with E-state index in [1.54, 1.807) is 13.8 Å². The molecular weight excluding hydrogens is 777 g/mol. The van der Waals surface area contributed by atoms with Crippen molar-refractivity contribution in [2.45, 2.75) is 115 Å². The average Bonchev–Trinajstić information content (AvgIpc) is 3.22. The molecule has 17 heteroatoms. The molecule has 0 bridgehead atoms. The summed E-state index contributed by atoms with van der Waals surface area (Å²) in [7, 11) is 1.51. The van der Waals surface area contributed by atoms with Gasteiger partial charge < -0.3 is 48.1 Å². The third-order valence-electron chi connectivity index (χ3n) is 11.0. The number of aliphatic hydroxyl groups excluding tert-OH is 1. The fraction of sp³-hybridized carbons (Fsp3) is 0.595. The molecule has 7 amide bonds. The van der Waals surface area contributed by atoms with E-state index in [0.717, 1.165) is 16.3 Å². The first-order chi connectivity index (χ1) is 28.1.